The molecule has 3 heterocycles. The Morgan fingerprint density at radius 1 is 1.33 bits per heavy atom. The highest BCUT2D eigenvalue weighted by molar-refractivity contribution is 7.99. The van der Waals surface area contributed by atoms with Crippen molar-refractivity contribution in [1.29, 1.82) is 0 Å². The summed E-state index contributed by atoms with van der Waals surface area (Å²) in [5.41, 5.74) is 1.52. The SMILES string of the molecule is CCc1c(C)sc2nc(SCC(=O)c3ccc4c(c3)OCO4)n(CCOC)c(=O)c12. The number of benzene rings is 1. The van der Waals surface area contributed by atoms with E-state index in [1.54, 1.807) is 29.9 Å². The molecule has 0 unspecified atom stereocenters. The zero-order chi connectivity index (χ0) is 21.3. The maximum Gasteiger partial charge on any atom is 0.263 e. The van der Waals surface area contributed by atoms with Gasteiger partial charge in [0.25, 0.3) is 5.56 Å². The highest BCUT2D eigenvalue weighted by Crippen LogP contribution is 2.33. The number of nitrogens with zero attached hydrogens (tertiary/aromatic N) is 2. The topological polar surface area (TPSA) is 79.7 Å². The number of hydrogen-bond acceptors (Lipinski definition) is 8. The Labute approximate surface area is 182 Å². The number of ether oxygens (including phenoxy) is 3. The fraction of sp³-hybridized carbons (Fsp3) is 0.381. The lowest BCUT2D eigenvalue weighted by molar-refractivity contribution is 0.102. The fourth-order valence-corrected chi connectivity index (χ4v) is 5.50. The lowest BCUT2D eigenvalue weighted by Gasteiger charge is -2.12. The van der Waals surface area contributed by atoms with Gasteiger partial charge in [0.05, 0.1) is 24.3 Å². The molecule has 0 bridgehead atoms. The molecule has 0 radical (unpaired) electrons. The molecule has 0 atom stereocenters. The smallest absolute Gasteiger partial charge is 0.263 e. The number of aromatic nitrogens is 2. The fourth-order valence-electron chi connectivity index (χ4n) is 3.43. The van der Waals surface area contributed by atoms with Crippen LogP contribution in [0.2, 0.25) is 0 Å². The summed E-state index contributed by atoms with van der Waals surface area (Å²) < 4.78 is 17.4. The third-order valence-corrected chi connectivity index (χ3v) is 6.99. The summed E-state index contributed by atoms with van der Waals surface area (Å²) >= 11 is 2.79. The summed E-state index contributed by atoms with van der Waals surface area (Å²) in [4.78, 5) is 32.5. The van der Waals surface area contributed by atoms with Gasteiger partial charge in [-0.15, -0.1) is 11.3 Å². The second-order valence-corrected chi connectivity index (χ2v) is 8.94. The molecule has 0 aliphatic carbocycles. The highest BCUT2D eigenvalue weighted by atomic mass is 32.2. The van der Waals surface area contributed by atoms with E-state index < -0.39 is 0 Å². The van der Waals surface area contributed by atoms with Crippen molar-refractivity contribution < 1.29 is 19.0 Å². The van der Waals surface area contributed by atoms with E-state index in [2.05, 4.69) is 0 Å². The first-order valence-corrected chi connectivity index (χ1v) is 11.4. The average Bonchev–Trinajstić information content (AvgIpc) is 3.34. The Bertz CT molecular complexity index is 1170. The van der Waals surface area contributed by atoms with Gasteiger partial charge in [0.15, 0.2) is 22.4 Å². The minimum absolute atomic E-state index is 0.0671. The highest BCUT2D eigenvalue weighted by Gasteiger charge is 2.20. The molecule has 9 heteroatoms. The number of thiophene rings is 1. The number of fused-ring (bicyclic) bond motifs is 2. The van der Waals surface area contributed by atoms with E-state index in [4.69, 9.17) is 19.2 Å². The molecule has 0 saturated heterocycles. The van der Waals surface area contributed by atoms with Gasteiger partial charge in [-0.25, -0.2) is 4.98 Å². The number of Topliss-reactive ketones (excluding diaryl/α,β-unsaturated/α-hetero) is 1. The summed E-state index contributed by atoms with van der Waals surface area (Å²) in [6, 6.07) is 5.15. The Morgan fingerprint density at radius 3 is 2.90 bits per heavy atom. The van der Waals surface area contributed by atoms with E-state index >= 15 is 0 Å². The normalized spacial score (nSPS) is 12.6. The molecule has 0 fully saturated rings. The van der Waals surface area contributed by atoms with Gasteiger partial charge in [0, 0.05) is 17.6 Å². The van der Waals surface area contributed by atoms with Crippen LogP contribution in [-0.4, -0.2) is 41.6 Å². The minimum atomic E-state index is -0.0729. The Balaban J connectivity index is 1.64. The molecule has 2 aromatic heterocycles. The molecule has 1 aromatic carbocycles. The van der Waals surface area contributed by atoms with Crippen LogP contribution in [0.15, 0.2) is 28.2 Å². The van der Waals surface area contributed by atoms with Crippen LogP contribution < -0.4 is 15.0 Å². The number of carbonyl (C=O) groups is 1. The molecule has 0 N–H and O–H groups in total. The van der Waals surface area contributed by atoms with Gasteiger partial charge in [0.2, 0.25) is 6.79 Å². The molecule has 0 saturated carbocycles. The van der Waals surface area contributed by atoms with E-state index in [0.29, 0.717) is 40.8 Å². The number of methoxy groups -OCH3 is 1. The van der Waals surface area contributed by atoms with Crippen molar-refractivity contribution >= 4 is 39.1 Å². The molecule has 3 aromatic rings. The molecule has 7 nitrogen and oxygen atoms in total. The molecule has 1 aliphatic rings. The molecular weight excluding hydrogens is 424 g/mol. The molecule has 30 heavy (non-hydrogen) atoms. The Morgan fingerprint density at radius 2 is 2.13 bits per heavy atom. The quantitative estimate of drug-likeness (QED) is 0.297. The van der Waals surface area contributed by atoms with Gasteiger partial charge < -0.3 is 14.2 Å². The van der Waals surface area contributed by atoms with E-state index in [1.165, 1.54) is 23.1 Å². The lowest BCUT2D eigenvalue weighted by Crippen LogP contribution is -2.25. The monoisotopic (exact) mass is 446 g/mol. The van der Waals surface area contributed by atoms with E-state index in [9.17, 15) is 9.59 Å². The number of thioether (sulfide) groups is 1. The average molecular weight is 447 g/mol. The Kier molecular flexibility index (Phi) is 6.12. The molecule has 0 spiro atoms. The molecule has 0 amide bonds. The second kappa shape index (κ2) is 8.79. The largest absolute Gasteiger partial charge is 0.454 e. The molecular formula is C21H22N2O5S2. The van der Waals surface area contributed by atoms with Crippen molar-refractivity contribution in [2.75, 3.05) is 26.3 Å². The minimum Gasteiger partial charge on any atom is -0.454 e. The van der Waals surface area contributed by atoms with Crippen molar-refractivity contribution in [3.63, 3.8) is 0 Å². The number of ketones is 1. The number of aryl methyl sites for hydroxylation is 2. The van der Waals surface area contributed by atoms with Crippen LogP contribution in [0.5, 0.6) is 11.5 Å². The summed E-state index contributed by atoms with van der Waals surface area (Å²) in [6.45, 7) is 5.00. The molecule has 1 aliphatic heterocycles. The van der Waals surface area contributed by atoms with Crippen LogP contribution >= 0.6 is 23.1 Å². The van der Waals surface area contributed by atoms with Crippen molar-refractivity contribution in [3.05, 3.63) is 44.6 Å². The second-order valence-electron chi connectivity index (χ2n) is 6.79. The van der Waals surface area contributed by atoms with Gasteiger partial charge in [-0.1, -0.05) is 18.7 Å². The van der Waals surface area contributed by atoms with Crippen LogP contribution in [0.1, 0.15) is 27.7 Å². The summed E-state index contributed by atoms with van der Waals surface area (Å²) in [5, 5.41) is 1.21. The maximum absolute atomic E-state index is 13.2. The van der Waals surface area contributed by atoms with Crippen LogP contribution in [0.4, 0.5) is 0 Å². The summed E-state index contributed by atoms with van der Waals surface area (Å²) in [5.74, 6) is 1.31. The summed E-state index contributed by atoms with van der Waals surface area (Å²) in [6.07, 6.45) is 0.780. The van der Waals surface area contributed by atoms with Crippen LogP contribution in [0.3, 0.4) is 0 Å². The van der Waals surface area contributed by atoms with Crippen LogP contribution in [-0.2, 0) is 17.7 Å². The van der Waals surface area contributed by atoms with Gasteiger partial charge in [-0.05, 0) is 37.1 Å². The first-order valence-electron chi connectivity index (χ1n) is 9.60. The maximum atomic E-state index is 13.2. The number of hydrogen-bond donors (Lipinski definition) is 0. The van der Waals surface area contributed by atoms with E-state index in [-0.39, 0.29) is 23.9 Å². The summed E-state index contributed by atoms with van der Waals surface area (Å²) in [7, 11) is 1.60. The third-order valence-electron chi connectivity index (χ3n) is 4.98. The number of rotatable bonds is 8. The zero-order valence-electron chi connectivity index (χ0n) is 17.0. The zero-order valence-corrected chi connectivity index (χ0v) is 18.7. The first-order chi connectivity index (χ1) is 14.5. The predicted molar refractivity (Wildman–Crippen MR) is 117 cm³/mol. The van der Waals surface area contributed by atoms with Crippen LogP contribution in [0.25, 0.3) is 10.2 Å². The molecule has 158 valence electrons. The predicted octanol–water partition coefficient (Wildman–Crippen LogP) is 3.68. The van der Waals surface area contributed by atoms with Crippen molar-refractivity contribution in [2.24, 2.45) is 0 Å². The van der Waals surface area contributed by atoms with E-state index in [1.807, 2.05) is 13.8 Å². The van der Waals surface area contributed by atoms with Crippen molar-refractivity contribution in [2.45, 2.75) is 32.0 Å². The third kappa shape index (κ3) is 3.84. The van der Waals surface area contributed by atoms with Crippen molar-refractivity contribution in [3.8, 4) is 11.5 Å². The van der Waals surface area contributed by atoms with Crippen LogP contribution in [0, 0.1) is 6.92 Å². The lowest BCUT2D eigenvalue weighted by atomic mass is 10.1. The van der Waals surface area contributed by atoms with Gasteiger partial charge in [-0.3, -0.25) is 14.2 Å². The van der Waals surface area contributed by atoms with Gasteiger partial charge in [0.1, 0.15) is 4.83 Å². The van der Waals surface area contributed by atoms with Gasteiger partial charge in [-0.2, -0.15) is 0 Å². The molecule has 4 rings (SSSR count). The number of carbonyl (C=O) groups excluding carboxylic acids is 1. The van der Waals surface area contributed by atoms with Crippen molar-refractivity contribution in [1.82, 2.24) is 9.55 Å². The standard InChI is InChI=1S/C21H22N2O5S2/c1-4-14-12(2)30-19-18(14)20(25)23(7-8-26-3)21(22-19)29-10-15(24)13-5-6-16-17(9-13)28-11-27-16/h5-6,9H,4,7-8,10-11H2,1-3H3. The van der Waals surface area contributed by atoms with Gasteiger partial charge >= 0.3 is 0 Å². The Hall–Kier alpha value is -2.36. The van der Waals surface area contributed by atoms with E-state index in [0.717, 1.165) is 21.7 Å². The first kappa shape index (κ1) is 20.9.